The van der Waals surface area contributed by atoms with Gasteiger partial charge in [-0.25, -0.2) is 0 Å². The molecule has 8 rings (SSSR count). The van der Waals surface area contributed by atoms with E-state index in [2.05, 4.69) is 175 Å². The smallest absolute Gasteiger partial charge is 1.00 e. The molecule has 0 spiro atoms. The fourth-order valence-electron chi connectivity index (χ4n) is 8.03. The number of benzene rings is 6. The van der Waals surface area contributed by atoms with E-state index in [1.165, 1.54) is 60.5 Å². The molecule has 0 fully saturated rings. The fourth-order valence-corrected chi connectivity index (χ4v) is 17.1. The summed E-state index contributed by atoms with van der Waals surface area (Å²) in [5.74, 6) is 0. The van der Waals surface area contributed by atoms with Gasteiger partial charge in [-0.05, 0) is 0 Å². The minimum absolute atomic E-state index is 0. The maximum absolute atomic E-state index is 2.97. The molecule has 0 amide bonds. The molecule has 3 heteroatoms. The summed E-state index contributed by atoms with van der Waals surface area (Å²) in [6, 6.07) is 44.3. The molecule has 2 aliphatic rings. The van der Waals surface area contributed by atoms with Crippen molar-refractivity contribution in [2.75, 3.05) is 0 Å². The number of fused-ring (bicyclic) bond motifs is 5. The van der Waals surface area contributed by atoms with Crippen molar-refractivity contribution in [1.82, 2.24) is 0 Å². The zero-order chi connectivity index (χ0) is 33.2. The van der Waals surface area contributed by atoms with Crippen molar-refractivity contribution < 1.29 is 46.1 Å². The molecule has 0 aliphatic heterocycles. The first-order valence-electron chi connectivity index (χ1n) is 17.5. The number of halogens is 2. The Morgan fingerprint density at radius 2 is 1.18 bits per heavy atom. The molecule has 0 nitrogen and oxygen atoms in total. The van der Waals surface area contributed by atoms with Crippen molar-refractivity contribution in [3.63, 3.8) is 0 Å². The maximum Gasteiger partial charge on any atom is -1.00 e. The van der Waals surface area contributed by atoms with Crippen molar-refractivity contribution in [1.29, 1.82) is 0 Å². The molecule has 0 saturated carbocycles. The third kappa shape index (κ3) is 6.36. The Morgan fingerprint density at radius 1 is 0.600 bits per heavy atom. The van der Waals surface area contributed by atoms with Crippen LogP contribution in [0.4, 0.5) is 0 Å². The Kier molecular flexibility index (Phi) is 10.2. The monoisotopic (exact) mass is 768 g/mol. The van der Waals surface area contributed by atoms with Crippen LogP contribution in [0, 0.1) is 0 Å². The SMILES string of the molecule is CC(C)(C)c1ccc2c(c1)Cc1c-2ccc(C(C)(C)C)[c]1[Zr+2]([C]1=CC=CC1)=[C](c1cccc2ccccc12)c1cccc2ccccc12.[Cl-].[Cl-]. The summed E-state index contributed by atoms with van der Waals surface area (Å²) < 4.78 is 4.96. The van der Waals surface area contributed by atoms with Gasteiger partial charge in [-0.15, -0.1) is 0 Å². The molecule has 50 heavy (non-hydrogen) atoms. The Bertz CT molecular complexity index is 2270. The van der Waals surface area contributed by atoms with Crippen molar-refractivity contribution in [2.24, 2.45) is 0 Å². The van der Waals surface area contributed by atoms with Gasteiger partial charge in [-0.2, -0.15) is 0 Å². The first-order valence-corrected chi connectivity index (χ1v) is 21.2. The van der Waals surface area contributed by atoms with E-state index < -0.39 is 21.3 Å². The normalized spacial score (nSPS) is 13.2. The minimum atomic E-state index is -2.97. The standard InChI is InChI=1S/C21H14.C21H25.C5H5.2ClH.Zr/c1-3-13-20-16(7-1)9-5-11-18(20)15-19-12-6-10-17-8-2-4-14-21(17)19;1-20(2,3)16-7-9-18-14(12-16)11-15-13-17(21(4,5)6)8-10-19(15)18;1-2-4-5-3-1;;;/h1-14H;7-10,12H,11H2,1-6H3;1-3H,4H2;2*1H;/q;;;;;+2/p-2. The molecule has 250 valence electrons. The zero-order valence-electron chi connectivity index (χ0n) is 29.9. The molecule has 6 aromatic rings. The van der Waals surface area contributed by atoms with Crippen LogP contribution in [0.2, 0.25) is 0 Å². The molecule has 0 aromatic heterocycles. The average molecular weight is 771 g/mol. The molecule has 0 N–H and O–H groups in total. The summed E-state index contributed by atoms with van der Waals surface area (Å²) in [6.07, 6.45) is 9.27. The molecule has 0 radical (unpaired) electrons. The van der Waals surface area contributed by atoms with E-state index in [-0.39, 0.29) is 35.6 Å². The molecular formula is C47H44Cl2Zr. The summed E-state index contributed by atoms with van der Waals surface area (Å²) in [6.45, 7) is 14.3. The van der Waals surface area contributed by atoms with E-state index in [4.69, 9.17) is 0 Å². The number of rotatable bonds is 4. The third-order valence-electron chi connectivity index (χ3n) is 10.5. The van der Waals surface area contributed by atoms with Gasteiger partial charge in [-0.3, -0.25) is 0 Å². The number of hydrogen-bond acceptors (Lipinski definition) is 0. The molecule has 0 atom stereocenters. The molecule has 2 aliphatic carbocycles. The van der Waals surface area contributed by atoms with Gasteiger partial charge in [0.25, 0.3) is 0 Å². The Morgan fingerprint density at radius 3 is 1.74 bits per heavy atom. The maximum atomic E-state index is 2.51. The van der Waals surface area contributed by atoms with Crippen molar-refractivity contribution in [3.05, 3.63) is 170 Å². The first kappa shape index (κ1) is 36.4. The molecular weight excluding hydrogens is 727 g/mol. The van der Waals surface area contributed by atoms with Gasteiger partial charge < -0.3 is 24.8 Å². The predicted molar refractivity (Wildman–Crippen MR) is 205 cm³/mol. The summed E-state index contributed by atoms with van der Waals surface area (Å²) >= 11 is -2.97. The van der Waals surface area contributed by atoms with E-state index in [0.29, 0.717) is 0 Å². The average Bonchev–Trinajstić information content (AvgIpc) is 3.74. The topological polar surface area (TPSA) is 0 Å². The molecule has 6 aromatic carbocycles. The van der Waals surface area contributed by atoms with E-state index in [9.17, 15) is 0 Å². The largest absolute Gasteiger partial charge is 1.00 e. The van der Waals surface area contributed by atoms with E-state index in [1.54, 1.807) is 15.3 Å². The van der Waals surface area contributed by atoms with Gasteiger partial charge in [-0.1, -0.05) is 0 Å². The molecule has 0 heterocycles. The third-order valence-corrected chi connectivity index (χ3v) is 18.1. The van der Waals surface area contributed by atoms with Crippen molar-refractivity contribution in [3.8, 4) is 11.1 Å². The van der Waals surface area contributed by atoms with Gasteiger partial charge in [0, 0.05) is 0 Å². The second-order valence-corrected chi connectivity index (χ2v) is 21.6. The zero-order valence-corrected chi connectivity index (χ0v) is 33.8. The van der Waals surface area contributed by atoms with Gasteiger partial charge in [0.05, 0.1) is 0 Å². The van der Waals surface area contributed by atoms with Crippen LogP contribution in [-0.2, 0) is 38.5 Å². The molecule has 0 bridgehead atoms. The van der Waals surface area contributed by atoms with Gasteiger partial charge in [0.1, 0.15) is 0 Å². The van der Waals surface area contributed by atoms with E-state index in [0.717, 1.165) is 12.8 Å². The summed E-state index contributed by atoms with van der Waals surface area (Å²) in [5.41, 5.74) is 11.9. The van der Waals surface area contributed by atoms with Gasteiger partial charge >= 0.3 is 296 Å². The van der Waals surface area contributed by atoms with Gasteiger partial charge in [0.15, 0.2) is 0 Å². The van der Waals surface area contributed by atoms with Crippen LogP contribution in [0.1, 0.15) is 81.3 Å². The second kappa shape index (κ2) is 14.0. The Labute approximate surface area is 318 Å². The first-order chi connectivity index (χ1) is 23.1. The Hall–Kier alpha value is -3.35. The van der Waals surface area contributed by atoms with Crippen LogP contribution in [-0.4, -0.2) is 3.21 Å². The van der Waals surface area contributed by atoms with Crippen LogP contribution < -0.4 is 28.1 Å². The Balaban J connectivity index is 0.00000216. The second-order valence-electron chi connectivity index (χ2n) is 15.7. The van der Waals surface area contributed by atoms with Crippen LogP contribution >= 0.6 is 0 Å². The van der Waals surface area contributed by atoms with Crippen LogP contribution in [0.15, 0.2) is 137 Å². The van der Waals surface area contributed by atoms with Crippen LogP contribution in [0.5, 0.6) is 0 Å². The number of allylic oxidation sites excluding steroid dienone is 4. The quantitative estimate of drug-likeness (QED) is 0.221. The van der Waals surface area contributed by atoms with E-state index in [1.807, 2.05) is 0 Å². The minimum Gasteiger partial charge on any atom is -1.00 e. The molecule has 0 unspecified atom stereocenters. The van der Waals surface area contributed by atoms with Crippen LogP contribution in [0.25, 0.3) is 32.7 Å². The van der Waals surface area contributed by atoms with Crippen molar-refractivity contribution >= 4 is 28.0 Å². The number of hydrogen-bond donors (Lipinski definition) is 0. The van der Waals surface area contributed by atoms with Gasteiger partial charge in [0.2, 0.25) is 0 Å². The fraction of sp³-hybridized carbons (Fsp3) is 0.213. The summed E-state index contributed by atoms with van der Waals surface area (Å²) in [4.78, 5) is 0. The molecule has 0 saturated heterocycles. The predicted octanol–water partition coefficient (Wildman–Crippen LogP) is 5.52. The van der Waals surface area contributed by atoms with E-state index >= 15 is 0 Å². The van der Waals surface area contributed by atoms with Crippen LogP contribution in [0.3, 0.4) is 0 Å². The van der Waals surface area contributed by atoms with Crippen molar-refractivity contribution in [2.45, 2.75) is 65.2 Å². The summed E-state index contributed by atoms with van der Waals surface area (Å²) in [5, 5.41) is 5.34. The summed E-state index contributed by atoms with van der Waals surface area (Å²) in [7, 11) is 0.